The van der Waals surface area contributed by atoms with Gasteiger partial charge in [-0.05, 0) is 33.9 Å². The second-order valence-corrected chi connectivity index (χ2v) is 4.88. The van der Waals surface area contributed by atoms with Crippen molar-refractivity contribution in [2.45, 2.75) is 13.0 Å². The molecule has 0 aliphatic carbocycles. The fourth-order valence-electron chi connectivity index (χ4n) is 2.38. The fraction of sp³-hybridized carbons (Fsp3) is 0.111. The highest BCUT2D eigenvalue weighted by Gasteiger charge is 1.99. The Morgan fingerprint density at radius 3 is 2.00 bits per heavy atom. The van der Waals surface area contributed by atoms with Gasteiger partial charge in [0.05, 0.1) is 0 Å². The quantitative estimate of drug-likeness (QED) is 0.746. The van der Waals surface area contributed by atoms with Gasteiger partial charge < -0.3 is 5.73 Å². The van der Waals surface area contributed by atoms with E-state index < -0.39 is 0 Å². The molecule has 1 heteroatoms. The molecule has 0 spiro atoms. The molecule has 19 heavy (non-hydrogen) atoms. The summed E-state index contributed by atoms with van der Waals surface area (Å²) in [5.74, 6) is 0. The third-order valence-electron chi connectivity index (χ3n) is 3.48. The lowest BCUT2D eigenvalue weighted by Crippen LogP contribution is -1.96. The zero-order chi connectivity index (χ0) is 13.1. The van der Waals surface area contributed by atoms with Crippen LogP contribution in [0.1, 0.15) is 16.7 Å². The first-order chi connectivity index (χ1) is 9.35. The molecule has 3 rings (SSSR count). The van der Waals surface area contributed by atoms with Crippen LogP contribution in [0, 0.1) is 0 Å². The summed E-state index contributed by atoms with van der Waals surface area (Å²) < 4.78 is 0. The van der Waals surface area contributed by atoms with Crippen molar-refractivity contribution in [1.82, 2.24) is 0 Å². The van der Waals surface area contributed by atoms with Crippen LogP contribution in [0.4, 0.5) is 0 Å². The Kier molecular flexibility index (Phi) is 3.30. The first kappa shape index (κ1) is 11.9. The molecule has 0 fully saturated rings. The summed E-state index contributed by atoms with van der Waals surface area (Å²) in [5.41, 5.74) is 9.47. The molecule has 0 saturated heterocycles. The first-order valence-corrected chi connectivity index (χ1v) is 6.61. The largest absolute Gasteiger partial charge is 0.326 e. The number of rotatable bonds is 3. The third-order valence-corrected chi connectivity index (χ3v) is 3.48. The highest BCUT2D eigenvalue weighted by Crippen LogP contribution is 2.18. The Hall–Kier alpha value is -2.12. The highest BCUT2D eigenvalue weighted by atomic mass is 14.5. The standard InChI is InChI=1S/C18H17N/c19-13-15-7-5-14(6-8-15)11-16-9-10-17-3-1-2-4-18(17)12-16/h1-10,12H,11,13,19H2. The second kappa shape index (κ2) is 5.25. The van der Waals surface area contributed by atoms with E-state index in [1.54, 1.807) is 0 Å². The molecular formula is C18H17N. The summed E-state index contributed by atoms with van der Waals surface area (Å²) in [7, 11) is 0. The Balaban J connectivity index is 1.87. The molecule has 0 atom stereocenters. The van der Waals surface area contributed by atoms with E-state index in [1.807, 2.05) is 0 Å². The van der Waals surface area contributed by atoms with Crippen LogP contribution >= 0.6 is 0 Å². The van der Waals surface area contributed by atoms with Gasteiger partial charge in [0.25, 0.3) is 0 Å². The number of benzene rings is 3. The Morgan fingerprint density at radius 2 is 1.26 bits per heavy atom. The Bertz CT molecular complexity index is 683. The van der Waals surface area contributed by atoms with Crippen molar-refractivity contribution >= 4 is 10.8 Å². The summed E-state index contributed by atoms with van der Waals surface area (Å²) in [6.45, 7) is 0.607. The minimum absolute atomic E-state index is 0.607. The molecule has 2 N–H and O–H groups in total. The average Bonchev–Trinajstić information content (AvgIpc) is 2.48. The van der Waals surface area contributed by atoms with Gasteiger partial charge >= 0.3 is 0 Å². The predicted octanol–water partition coefficient (Wildman–Crippen LogP) is 3.89. The molecular weight excluding hydrogens is 230 g/mol. The molecule has 3 aromatic rings. The third kappa shape index (κ3) is 2.67. The van der Waals surface area contributed by atoms with Crippen LogP contribution in [0.15, 0.2) is 66.7 Å². The number of nitrogens with two attached hydrogens (primary N) is 1. The molecule has 0 radical (unpaired) electrons. The van der Waals surface area contributed by atoms with Crippen LogP contribution in [0.3, 0.4) is 0 Å². The molecule has 0 bridgehead atoms. The summed E-state index contributed by atoms with van der Waals surface area (Å²) in [4.78, 5) is 0. The minimum atomic E-state index is 0.607. The normalized spacial score (nSPS) is 10.8. The van der Waals surface area contributed by atoms with Gasteiger partial charge in [0.15, 0.2) is 0 Å². The lowest BCUT2D eigenvalue weighted by Gasteiger charge is -2.05. The molecule has 0 aromatic heterocycles. The van der Waals surface area contributed by atoms with Crippen molar-refractivity contribution in [3.63, 3.8) is 0 Å². The van der Waals surface area contributed by atoms with Crippen molar-refractivity contribution in [1.29, 1.82) is 0 Å². The van der Waals surface area contributed by atoms with Gasteiger partial charge in [-0.3, -0.25) is 0 Å². The summed E-state index contributed by atoms with van der Waals surface area (Å²) >= 11 is 0. The van der Waals surface area contributed by atoms with Crippen molar-refractivity contribution in [2.24, 2.45) is 5.73 Å². The van der Waals surface area contributed by atoms with Gasteiger partial charge in [-0.2, -0.15) is 0 Å². The lowest BCUT2D eigenvalue weighted by atomic mass is 10.0. The smallest absolute Gasteiger partial charge is 0.0178 e. The van der Waals surface area contributed by atoms with E-state index in [0.717, 1.165) is 6.42 Å². The van der Waals surface area contributed by atoms with Crippen LogP contribution in [0.2, 0.25) is 0 Å². The van der Waals surface area contributed by atoms with E-state index in [4.69, 9.17) is 5.73 Å². The van der Waals surface area contributed by atoms with Gasteiger partial charge in [0.1, 0.15) is 0 Å². The minimum Gasteiger partial charge on any atom is -0.326 e. The monoisotopic (exact) mass is 247 g/mol. The molecule has 0 aliphatic heterocycles. The molecule has 94 valence electrons. The topological polar surface area (TPSA) is 26.0 Å². The zero-order valence-electron chi connectivity index (χ0n) is 10.8. The van der Waals surface area contributed by atoms with Crippen molar-refractivity contribution in [2.75, 3.05) is 0 Å². The van der Waals surface area contributed by atoms with Crippen LogP contribution in [-0.2, 0) is 13.0 Å². The Morgan fingerprint density at radius 1 is 0.632 bits per heavy atom. The van der Waals surface area contributed by atoms with E-state index in [9.17, 15) is 0 Å². The predicted molar refractivity (Wildman–Crippen MR) is 81.1 cm³/mol. The summed E-state index contributed by atoms with van der Waals surface area (Å²) in [6, 6.07) is 23.7. The number of fused-ring (bicyclic) bond motifs is 1. The maximum absolute atomic E-state index is 5.61. The van der Waals surface area contributed by atoms with Gasteiger partial charge in [-0.15, -0.1) is 0 Å². The van der Waals surface area contributed by atoms with Crippen LogP contribution in [-0.4, -0.2) is 0 Å². The van der Waals surface area contributed by atoms with Crippen LogP contribution < -0.4 is 5.73 Å². The van der Waals surface area contributed by atoms with E-state index in [1.165, 1.54) is 27.5 Å². The molecule has 0 amide bonds. The van der Waals surface area contributed by atoms with E-state index in [0.29, 0.717) is 6.54 Å². The molecule has 0 aliphatic rings. The van der Waals surface area contributed by atoms with Crippen molar-refractivity contribution < 1.29 is 0 Å². The van der Waals surface area contributed by atoms with Gasteiger partial charge in [-0.1, -0.05) is 66.7 Å². The van der Waals surface area contributed by atoms with E-state index >= 15 is 0 Å². The maximum Gasteiger partial charge on any atom is 0.0178 e. The molecule has 3 aromatic carbocycles. The van der Waals surface area contributed by atoms with Gasteiger partial charge in [0, 0.05) is 6.54 Å². The zero-order valence-corrected chi connectivity index (χ0v) is 10.8. The lowest BCUT2D eigenvalue weighted by molar-refractivity contribution is 1.06. The van der Waals surface area contributed by atoms with Crippen LogP contribution in [0.25, 0.3) is 10.8 Å². The highest BCUT2D eigenvalue weighted by molar-refractivity contribution is 5.83. The van der Waals surface area contributed by atoms with E-state index in [-0.39, 0.29) is 0 Å². The second-order valence-electron chi connectivity index (χ2n) is 4.88. The maximum atomic E-state index is 5.61. The number of hydrogen-bond donors (Lipinski definition) is 1. The Labute approximate surface area is 113 Å². The molecule has 0 saturated carbocycles. The van der Waals surface area contributed by atoms with E-state index in [2.05, 4.69) is 66.7 Å². The summed E-state index contributed by atoms with van der Waals surface area (Å²) in [5, 5.41) is 2.60. The van der Waals surface area contributed by atoms with Crippen molar-refractivity contribution in [3.8, 4) is 0 Å². The SMILES string of the molecule is NCc1ccc(Cc2ccc3ccccc3c2)cc1. The van der Waals surface area contributed by atoms with Crippen molar-refractivity contribution in [3.05, 3.63) is 83.4 Å². The number of hydrogen-bond acceptors (Lipinski definition) is 1. The molecule has 0 heterocycles. The summed E-state index contributed by atoms with van der Waals surface area (Å²) in [6.07, 6.45) is 0.968. The fourth-order valence-corrected chi connectivity index (χ4v) is 2.38. The van der Waals surface area contributed by atoms with Gasteiger partial charge in [-0.25, -0.2) is 0 Å². The molecule has 0 unspecified atom stereocenters. The van der Waals surface area contributed by atoms with Gasteiger partial charge in [0.2, 0.25) is 0 Å². The molecule has 1 nitrogen and oxygen atoms in total. The van der Waals surface area contributed by atoms with Crippen LogP contribution in [0.5, 0.6) is 0 Å². The first-order valence-electron chi connectivity index (χ1n) is 6.61. The average molecular weight is 247 g/mol.